The zero-order valence-corrected chi connectivity index (χ0v) is 12.2. The van der Waals surface area contributed by atoms with Crippen LogP contribution in [0.1, 0.15) is 33.1 Å². The van der Waals surface area contributed by atoms with Gasteiger partial charge >= 0.3 is 0 Å². The van der Waals surface area contributed by atoms with E-state index in [9.17, 15) is 0 Å². The minimum atomic E-state index is -0.0344. The number of rotatable bonds is 4. The van der Waals surface area contributed by atoms with Crippen molar-refractivity contribution in [1.29, 1.82) is 0 Å². The summed E-state index contributed by atoms with van der Waals surface area (Å²) in [5.74, 6) is 0. The Bertz CT molecular complexity index is 274. The predicted octanol–water partition coefficient (Wildman–Crippen LogP) is 0.909. The van der Waals surface area contributed by atoms with Gasteiger partial charge in [0.15, 0.2) is 0 Å². The number of fused-ring (bicyclic) bond motifs is 1. The molecule has 2 rings (SSSR count). The van der Waals surface area contributed by atoms with Crippen molar-refractivity contribution in [3.05, 3.63) is 0 Å². The molecule has 2 saturated heterocycles. The van der Waals surface area contributed by atoms with Gasteiger partial charge < -0.3 is 10.5 Å². The summed E-state index contributed by atoms with van der Waals surface area (Å²) in [6.45, 7) is 9.90. The van der Waals surface area contributed by atoms with Gasteiger partial charge in [0.1, 0.15) is 0 Å². The summed E-state index contributed by atoms with van der Waals surface area (Å²) in [4.78, 5) is 5.24. The lowest BCUT2D eigenvalue weighted by molar-refractivity contribution is -0.0332. The Kier molecular flexibility index (Phi) is 4.64. The Morgan fingerprint density at radius 3 is 2.72 bits per heavy atom. The van der Waals surface area contributed by atoms with Crippen LogP contribution < -0.4 is 5.73 Å². The van der Waals surface area contributed by atoms with E-state index in [1.807, 2.05) is 0 Å². The normalized spacial score (nSPS) is 31.7. The molecule has 106 valence electrons. The number of methoxy groups -OCH3 is 1. The fraction of sp³-hybridized carbons (Fsp3) is 1.00. The van der Waals surface area contributed by atoms with Crippen molar-refractivity contribution in [3.8, 4) is 0 Å². The molecule has 4 heteroatoms. The van der Waals surface area contributed by atoms with E-state index in [2.05, 4.69) is 23.6 Å². The maximum absolute atomic E-state index is 6.07. The first-order valence-corrected chi connectivity index (χ1v) is 7.33. The summed E-state index contributed by atoms with van der Waals surface area (Å²) in [5.41, 5.74) is 6.03. The zero-order chi connectivity index (χ0) is 13.2. The van der Waals surface area contributed by atoms with Gasteiger partial charge in [-0.15, -0.1) is 0 Å². The molecule has 0 saturated carbocycles. The maximum atomic E-state index is 6.07. The summed E-state index contributed by atoms with van der Waals surface area (Å²) in [5, 5.41) is 0. The van der Waals surface area contributed by atoms with Gasteiger partial charge in [-0.3, -0.25) is 9.80 Å². The van der Waals surface area contributed by atoms with Crippen molar-refractivity contribution in [2.45, 2.75) is 50.8 Å². The first kappa shape index (κ1) is 14.3. The van der Waals surface area contributed by atoms with Gasteiger partial charge in [0, 0.05) is 32.8 Å². The highest BCUT2D eigenvalue weighted by Gasteiger charge is 2.40. The van der Waals surface area contributed by atoms with Crippen LogP contribution in [0.15, 0.2) is 0 Å². The highest BCUT2D eigenvalue weighted by molar-refractivity contribution is 4.97. The van der Waals surface area contributed by atoms with Gasteiger partial charge in [-0.05, 0) is 46.2 Å². The van der Waals surface area contributed by atoms with Crippen LogP contribution in [0, 0.1) is 0 Å². The molecule has 0 aromatic heterocycles. The molecule has 2 fully saturated rings. The lowest BCUT2D eigenvalue weighted by Gasteiger charge is -2.44. The third-order valence-corrected chi connectivity index (χ3v) is 5.17. The van der Waals surface area contributed by atoms with Crippen LogP contribution in [0.25, 0.3) is 0 Å². The van der Waals surface area contributed by atoms with Crippen LogP contribution in [0.3, 0.4) is 0 Å². The van der Waals surface area contributed by atoms with Gasteiger partial charge in [0.2, 0.25) is 0 Å². The Morgan fingerprint density at radius 2 is 2.06 bits per heavy atom. The highest BCUT2D eigenvalue weighted by atomic mass is 16.5. The van der Waals surface area contributed by atoms with E-state index in [-0.39, 0.29) is 11.6 Å². The van der Waals surface area contributed by atoms with E-state index in [0.717, 1.165) is 19.1 Å². The maximum Gasteiger partial charge on any atom is 0.0736 e. The second kappa shape index (κ2) is 5.87. The van der Waals surface area contributed by atoms with Gasteiger partial charge in [-0.2, -0.15) is 0 Å². The molecule has 2 N–H and O–H groups in total. The van der Waals surface area contributed by atoms with Gasteiger partial charge in [0.05, 0.1) is 11.6 Å². The van der Waals surface area contributed by atoms with E-state index >= 15 is 0 Å². The summed E-state index contributed by atoms with van der Waals surface area (Å²) in [6.07, 6.45) is 4.13. The summed E-state index contributed by atoms with van der Waals surface area (Å²) < 4.78 is 5.58. The molecule has 2 aliphatic rings. The van der Waals surface area contributed by atoms with E-state index < -0.39 is 0 Å². The first-order valence-electron chi connectivity index (χ1n) is 7.33. The molecule has 2 heterocycles. The minimum absolute atomic E-state index is 0.0344. The average Bonchev–Trinajstić information content (AvgIpc) is 2.73. The topological polar surface area (TPSA) is 41.7 Å². The third-order valence-electron chi connectivity index (χ3n) is 5.17. The minimum Gasteiger partial charge on any atom is -0.380 e. The third kappa shape index (κ3) is 2.57. The fourth-order valence-corrected chi connectivity index (χ4v) is 3.48. The number of hydrogen-bond donors (Lipinski definition) is 1. The molecular formula is C14H29N3O. The number of nitrogens with two attached hydrogens (primary N) is 1. The second-order valence-electron chi connectivity index (χ2n) is 6.07. The molecular weight excluding hydrogens is 226 g/mol. The summed E-state index contributed by atoms with van der Waals surface area (Å²) in [6, 6.07) is 0.738. The van der Waals surface area contributed by atoms with Crippen molar-refractivity contribution in [2.75, 3.05) is 39.8 Å². The average molecular weight is 255 g/mol. The quantitative estimate of drug-likeness (QED) is 0.811. The lowest BCUT2D eigenvalue weighted by Crippen LogP contribution is -2.60. The number of hydrogen-bond acceptors (Lipinski definition) is 4. The van der Waals surface area contributed by atoms with Crippen LogP contribution in [-0.4, -0.2) is 67.3 Å². The molecule has 18 heavy (non-hydrogen) atoms. The van der Waals surface area contributed by atoms with Crippen LogP contribution in [-0.2, 0) is 4.74 Å². The van der Waals surface area contributed by atoms with Gasteiger partial charge in [-0.25, -0.2) is 0 Å². The Labute approximate surface area is 111 Å². The fourth-order valence-electron chi connectivity index (χ4n) is 3.48. The summed E-state index contributed by atoms with van der Waals surface area (Å²) in [7, 11) is 1.79. The molecule has 0 aromatic carbocycles. The SMILES string of the molecule is COC(C)C(C)(CN)N1CCCN2CCCC2C1. The van der Waals surface area contributed by atoms with E-state index in [0.29, 0.717) is 6.54 Å². The summed E-state index contributed by atoms with van der Waals surface area (Å²) >= 11 is 0. The molecule has 0 bridgehead atoms. The van der Waals surface area contributed by atoms with Gasteiger partial charge in [0.25, 0.3) is 0 Å². The van der Waals surface area contributed by atoms with Crippen LogP contribution in [0.4, 0.5) is 0 Å². The van der Waals surface area contributed by atoms with Crippen molar-refractivity contribution in [2.24, 2.45) is 5.73 Å². The van der Waals surface area contributed by atoms with Crippen LogP contribution in [0.5, 0.6) is 0 Å². The van der Waals surface area contributed by atoms with Crippen molar-refractivity contribution in [1.82, 2.24) is 9.80 Å². The van der Waals surface area contributed by atoms with Crippen LogP contribution in [0.2, 0.25) is 0 Å². The monoisotopic (exact) mass is 255 g/mol. The highest BCUT2D eigenvalue weighted by Crippen LogP contribution is 2.28. The number of ether oxygens (including phenoxy) is 1. The molecule has 0 aliphatic carbocycles. The molecule has 3 unspecified atom stereocenters. The zero-order valence-electron chi connectivity index (χ0n) is 12.2. The first-order chi connectivity index (χ1) is 8.61. The Hall–Kier alpha value is -0.160. The largest absolute Gasteiger partial charge is 0.380 e. The molecule has 4 nitrogen and oxygen atoms in total. The standard InChI is InChI=1S/C14H29N3O/c1-12(18-3)14(2,11-15)17-9-5-8-16-7-4-6-13(16)10-17/h12-13H,4-11,15H2,1-3H3. The van der Waals surface area contributed by atoms with Crippen LogP contribution >= 0.6 is 0 Å². The molecule has 0 radical (unpaired) electrons. The molecule has 0 amide bonds. The predicted molar refractivity (Wildman–Crippen MR) is 74.7 cm³/mol. The second-order valence-corrected chi connectivity index (χ2v) is 6.07. The van der Waals surface area contributed by atoms with Gasteiger partial charge in [-0.1, -0.05) is 0 Å². The Morgan fingerprint density at radius 1 is 1.33 bits per heavy atom. The Balaban J connectivity index is 2.10. The molecule has 2 aliphatic heterocycles. The van der Waals surface area contributed by atoms with E-state index in [4.69, 9.17) is 10.5 Å². The van der Waals surface area contributed by atoms with Crippen molar-refractivity contribution >= 4 is 0 Å². The van der Waals surface area contributed by atoms with Crippen molar-refractivity contribution in [3.63, 3.8) is 0 Å². The van der Waals surface area contributed by atoms with E-state index in [1.54, 1.807) is 7.11 Å². The smallest absolute Gasteiger partial charge is 0.0736 e. The number of nitrogens with zero attached hydrogens (tertiary/aromatic N) is 2. The van der Waals surface area contributed by atoms with E-state index in [1.165, 1.54) is 32.4 Å². The molecule has 0 aromatic rings. The molecule has 3 atom stereocenters. The molecule has 0 spiro atoms. The lowest BCUT2D eigenvalue weighted by atomic mass is 9.92. The van der Waals surface area contributed by atoms with Crippen molar-refractivity contribution < 1.29 is 4.74 Å².